The molecule has 0 saturated carbocycles. The zero-order valence-corrected chi connectivity index (χ0v) is 16.8. The van der Waals surface area contributed by atoms with E-state index in [-0.39, 0.29) is 0 Å². The van der Waals surface area contributed by atoms with Crippen molar-refractivity contribution in [2.75, 3.05) is 27.4 Å². The first-order chi connectivity index (χ1) is 12.3. The molecule has 1 fully saturated rings. The highest BCUT2D eigenvalue weighted by Gasteiger charge is 2.48. The number of methoxy groups -OCH3 is 1. The van der Waals surface area contributed by atoms with E-state index in [0.717, 1.165) is 19.2 Å². The minimum Gasteiger partial charge on any atom is -0.403 e. The van der Waals surface area contributed by atoms with E-state index in [1.165, 1.54) is 41.6 Å². The molecular formula is C21H31NO2Si. The predicted molar refractivity (Wildman–Crippen MR) is 108 cm³/mol. The van der Waals surface area contributed by atoms with Crippen molar-refractivity contribution in [3.8, 4) is 0 Å². The van der Waals surface area contributed by atoms with E-state index in [1.807, 2.05) is 14.2 Å². The van der Waals surface area contributed by atoms with Gasteiger partial charge in [0.1, 0.15) is 0 Å². The van der Waals surface area contributed by atoms with E-state index in [4.69, 9.17) is 9.16 Å². The normalized spacial score (nSPS) is 20.8. The minimum absolute atomic E-state index is 0.479. The first-order valence-corrected chi connectivity index (χ1v) is 11.6. The van der Waals surface area contributed by atoms with Crippen LogP contribution in [0.2, 0.25) is 6.04 Å². The fourth-order valence-corrected chi connectivity index (χ4v) is 9.10. The van der Waals surface area contributed by atoms with Gasteiger partial charge in [0.05, 0.1) is 6.61 Å². The van der Waals surface area contributed by atoms with Crippen LogP contribution >= 0.6 is 0 Å². The monoisotopic (exact) mass is 357 g/mol. The molecule has 0 radical (unpaired) electrons. The third kappa shape index (κ3) is 3.54. The molecule has 1 aliphatic rings. The van der Waals surface area contributed by atoms with Crippen molar-refractivity contribution in [2.24, 2.45) is 0 Å². The number of hydrogen-bond donors (Lipinski definition) is 0. The molecule has 0 aromatic heterocycles. The van der Waals surface area contributed by atoms with E-state index in [9.17, 15) is 0 Å². The number of benzene rings is 2. The second-order valence-electron chi connectivity index (χ2n) is 7.06. The van der Waals surface area contributed by atoms with E-state index in [2.05, 4.69) is 54.0 Å². The summed E-state index contributed by atoms with van der Waals surface area (Å²) >= 11 is 0. The molecule has 0 bridgehead atoms. The van der Waals surface area contributed by atoms with E-state index >= 15 is 0 Å². The van der Waals surface area contributed by atoms with Crippen LogP contribution in [0, 0.1) is 0 Å². The SMILES string of the molecule is CCCC[Si](OC)(c1cccc2ccccc12)N1CCC[C@H]1COC. The highest BCUT2D eigenvalue weighted by molar-refractivity contribution is 6.86. The summed E-state index contributed by atoms with van der Waals surface area (Å²) in [6.07, 6.45) is 4.86. The topological polar surface area (TPSA) is 21.7 Å². The molecule has 1 aliphatic heterocycles. The summed E-state index contributed by atoms with van der Waals surface area (Å²) in [5.74, 6) is 0. The number of rotatable bonds is 8. The fourth-order valence-electron chi connectivity index (χ4n) is 4.42. The Morgan fingerprint density at radius 2 is 1.92 bits per heavy atom. The van der Waals surface area contributed by atoms with Crippen molar-refractivity contribution >= 4 is 24.4 Å². The molecule has 4 heteroatoms. The Morgan fingerprint density at radius 1 is 1.12 bits per heavy atom. The van der Waals surface area contributed by atoms with Crippen molar-refractivity contribution in [1.82, 2.24) is 4.57 Å². The van der Waals surface area contributed by atoms with Crippen LogP contribution in [0.4, 0.5) is 0 Å². The van der Waals surface area contributed by atoms with Gasteiger partial charge in [-0.15, -0.1) is 0 Å². The molecule has 136 valence electrons. The highest BCUT2D eigenvalue weighted by atomic mass is 28.4. The van der Waals surface area contributed by atoms with Gasteiger partial charge >= 0.3 is 8.48 Å². The summed E-state index contributed by atoms with van der Waals surface area (Å²) in [5, 5.41) is 4.11. The van der Waals surface area contributed by atoms with Gasteiger partial charge in [0.2, 0.25) is 0 Å². The predicted octanol–water partition coefficient (Wildman–Crippen LogP) is 4.05. The van der Waals surface area contributed by atoms with Crippen LogP contribution in [0.25, 0.3) is 10.8 Å². The van der Waals surface area contributed by atoms with Gasteiger partial charge in [0, 0.05) is 20.3 Å². The van der Waals surface area contributed by atoms with Crippen LogP contribution in [0.3, 0.4) is 0 Å². The maximum atomic E-state index is 6.50. The van der Waals surface area contributed by atoms with E-state index in [1.54, 1.807) is 0 Å². The van der Waals surface area contributed by atoms with Crippen molar-refractivity contribution in [3.63, 3.8) is 0 Å². The zero-order valence-electron chi connectivity index (χ0n) is 15.8. The van der Waals surface area contributed by atoms with E-state index in [0.29, 0.717) is 6.04 Å². The molecule has 1 unspecified atom stereocenters. The molecule has 2 aromatic carbocycles. The van der Waals surface area contributed by atoms with Gasteiger partial charge in [-0.2, -0.15) is 0 Å². The summed E-state index contributed by atoms with van der Waals surface area (Å²) in [4.78, 5) is 0. The fraction of sp³-hybridized carbons (Fsp3) is 0.524. The summed E-state index contributed by atoms with van der Waals surface area (Å²) in [7, 11) is 1.51. The number of fused-ring (bicyclic) bond motifs is 1. The van der Waals surface area contributed by atoms with Crippen molar-refractivity contribution in [2.45, 2.75) is 44.7 Å². The summed E-state index contributed by atoms with van der Waals surface area (Å²) in [6.45, 7) is 4.20. The van der Waals surface area contributed by atoms with Gasteiger partial charge in [0.15, 0.2) is 0 Å². The number of ether oxygens (including phenoxy) is 1. The molecule has 3 rings (SSSR count). The van der Waals surface area contributed by atoms with Crippen LogP contribution in [0.15, 0.2) is 42.5 Å². The van der Waals surface area contributed by atoms with Crippen molar-refractivity contribution < 1.29 is 9.16 Å². The average molecular weight is 358 g/mol. The van der Waals surface area contributed by atoms with E-state index < -0.39 is 8.48 Å². The number of nitrogens with zero attached hydrogens (tertiary/aromatic N) is 1. The third-order valence-corrected chi connectivity index (χ3v) is 10.1. The second kappa shape index (κ2) is 8.45. The third-order valence-electron chi connectivity index (χ3n) is 5.62. The Kier molecular flexibility index (Phi) is 6.28. The lowest BCUT2D eigenvalue weighted by Crippen LogP contribution is -2.66. The molecule has 1 heterocycles. The van der Waals surface area contributed by atoms with Gasteiger partial charge in [-0.3, -0.25) is 4.57 Å². The number of hydrogen-bond acceptors (Lipinski definition) is 3. The molecule has 3 nitrogen and oxygen atoms in total. The van der Waals surface area contributed by atoms with Crippen LogP contribution in [0.5, 0.6) is 0 Å². The Balaban J connectivity index is 2.13. The number of unbranched alkanes of at least 4 members (excludes halogenated alkanes) is 1. The second-order valence-corrected chi connectivity index (χ2v) is 10.7. The molecule has 1 saturated heterocycles. The Labute approximate surface area is 153 Å². The van der Waals surface area contributed by atoms with Gasteiger partial charge in [-0.05, 0) is 41.4 Å². The van der Waals surface area contributed by atoms with Crippen molar-refractivity contribution in [3.05, 3.63) is 42.5 Å². The van der Waals surface area contributed by atoms with Gasteiger partial charge in [-0.1, -0.05) is 62.2 Å². The molecule has 25 heavy (non-hydrogen) atoms. The van der Waals surface area contributed by atoms with Crippen LogP contribution < -0.4 is 5.19 Å². The lowest BCUT2D eigenvalue weighted by molar-refractivity contribution is 0.136. The quantitative estimate of drug-likeness (QED) is 0.665. The Hall–Kier alpha value is -1.20. The van der Waals surface area contributed by atoms with Crippen molar-refractivity contribution in [1.29, 1.82) is 0 Å². The zero-order chi connectivity index (χ0) is 17.7. The lowest BCUT2D eigenvalue weighted by atomic mass is 10.1. The molecule has 0 N–H and O–H groups in total. The van der Waals surface area contributed by atoms with Gasteiger partial charge < -0.3 is 9.16 Å². The minimum atomic E-state index is -2.24. The lowest BCUT2D eigenvalue weighted by Gasteiger charge is -2.42. The smallest absolute Gasteiger partial charge is 0.305 e. The Morgan fingerprint density at radius 3 is 2.68 bits per heavy atom. The summed E-state index contributed by atoms with van der Waals surface area (Å²) < 4.78 is 14.8. The largest absolute Gasteiger partial charge is 0.403 e. The highest BCUT2D eigenvalue weighted by Crippen LogP contribution is 2.31. The molecule has 0 spiro atoms. The first-order valence-electron chi connectivity index (χ1n) is 9.56. The molecule has 0 aliphatic carbocycles. The first kappa shape index (κ1) is 18.6. The summed E-state index contributed by atoms with van der Waals surface area (Å²) in [6, 6.07) is 17.1. The van der Waals surface area contributed by atoms with Crippen LogP contribution in [-0.4, -0.2) is 46.5 Å². The van der Waals surface area contributed by atoms with Gasteiger partial charge in [0.25, 0.3) is 0 Å². The summed E-state index contributed by atoms with van der Waals surface area (Å²) in [5.41, 5.74) is 0. The maximum absolute atomic E-state index is 6.50. The van der Waals surface area contributed by atoms with Crippen LogP contribution in [-0.2, 0) is 9.16 Å². The maximum Gasteiger partial charge on any atom is 0.305 e. The Bertz CT molecular complexity index is 687. The van der Waals surface area contributed by atoms with Gasteiger partial charge in [-0.25, -0.2) is 0 Å². The molecule has 2 atom stereocenters. The molecule has 2 aromatic rings. The average Bonchev–Trinajstić information content (AvgIpc) is 3.12. The molecule has 0 amide bonds. The molecular weight excluding hydrogens is 326 g/mol. The standard InChI is InChI=1S/C21H31NO2Si/c1-4-5-16-25(24-3,22-15-9-12-19(22)17-23-2)21-14-8-11-18-10-6-7-13-20(18)21/h6-8,10-11,13-14,19H,4-5,9,12,15-17H2,1-3H3/t19-,25?/m0/s1. The van der Waals surface area contributed by atoms with Crippen LogP contribution in [0.1, 0.15) is 32.6 Å².